The molecule has 5 nitrogen and oxygen atoms in total. The maximum Gasteiger partial charge on any atom is 0.264 e. The molecule has 2 bridgehead atoms. The van der Waals surface area contributed by atoms with E-state index in [9.17, 15) is 13.2 Å². The van der Waals surface area contributed by atoms with Crippen molar-refractivity contribution in [2.75, 3.05) is 10.8 Å². The van der Waals surface area contributed by atoms with Crippen LogP contribution in [0.2, 0.25) is 0 Å². The molecule has 0 radical (unpaired) electrons. The highest BCUT2D eigenvalue weighted by atomic mass is 32.2. The molecule has 0 unspecified atom stereocenters. The van der Waals surface area contributed by atoms with E-state index < -0.39 is 10.0 Å². The number of anilines is 1. The van der Waals surface area contributed by atoms with Gasteiger partial charge >= 0.3 is 0 Å². The molecular weight excluding hydrogens is 384 g/mol. The van der Waals surface area contributed by atoms with Gasteiger partial charge in [-0.3, -0.25) is 9.10 Å². The van der Waals surface area contributed by atoms with Crippen molar-refractivity contribution in [1.82, 2.24) is 5.32 Å². The largest absolute Gasteiger partial charge is 0.352 e. The molecule has 1 N–H and O–H groups in total. The molecule has 4 rings (SSSR count). The van der Waals surface area contributed by atoms with Crippen molar-refractivity contribution in [3.8, 4) is 0 Å². The van der Waals surface area contributed by atoms with Crippen molar-refractivity contribution < 1.29 is 13.2 Å². The van der Waals surface area contributed by atoms with Gasteiger partial charge in [0.25, 0.3) is 10.0 Å². The first kappa shape index (κ1) is 20.0. The Morgan fingerprint density at radius 3 is 2.45 bits per heavy atom. The molecule has 0 aliphatic heterocycles. The summed E-state index contributed by atoms with van der Waals surface area (Å²) in [6, 6.07) is 14.1. The van der Waals surface area contributed by atoms with Crippen LogP contribution >= 0.6 is 0 Å². The maximum absolute atomic E-state index is 13.4. The van der Waals surface area contributed by atoms with Crippen LogP contribution in [0, 0.1) is 25.7 Å². The molecule has 3 atom stereocenters. The summed E-state index contributed by atoms with van der Waals surface area (Å²) >= 11 is 0. The van der Waals surface area contributed by atoms with Gasteiger partial charge in [-0.05, 0) is 68.7 Å². The van der Waals surface area contributed by atoms with E-state index in [4.69, 9.17) is 0 Å². The second kappa shape index (κ2) is 7.82. The van der Waals surface area contributed by atoms with E-state index in [0.29, 0.717) is 17.5 Å². The molecule has 2 aromatic carbocycles. The number of amides is 1. The number of rotatable bonds is 6. The minimum absolute atomic E-state index is 0.182. The second-order valence-electron chi connectivity index (χ2n) is 8.46. The van der Waals surface area contributed by atoms with E-state index in [2.05, 4.69) is 5.32 Å². The third-order valence-corrected chi connectivity index (χ3v) is 8.10. The topological polar surface area (TPSA) is 66.5 Å². The van der Waals surface area contributed by atoms with E-state index in [0.717, 1.165) is 17.5 Å². The Labute approximate surface area is 173 Å². The molecule has 2 aliphatic carbocycles. The van der Waals surface area contributed by atoms with Crippen LogP contribution in [0.4, 0.5) is 5.69 Å². The van der Waals surface area contributed by atoms with E-state index in [1.165, 1.54) is 23.6 Å². The van der Waals surface area contributed by atoms with Crippen LogP contribution in [0.1, 0.15) is 36.8 Å². The molecule has 0 saturated heterocycles. The van der Waals surface area contributed by atoms with Gasteiger partial charge in [-0.25, -0.2) is 8.42 Å². The minimum atomic E-state index is -3.86. The summed E-state index contributed by atoms with van der Waals surface area (Å²) in [6.07, 6.45) is 4.63. The van der Waals surface area contributed by atoms with Gasteiger partial charge in [-0.2, -0.15) is 0 Å². The highest BCUT2D eigenvalue weighted by Crippen LogP contribution is 2.44. The molecular formula is C23H28N2O3S. The van der Waals surface area contributed by atoms with Gasteiger partial charge in [0.15, 0.2) is 0 Å². The standard InChI is InChI=1S/C23H28N2O3S/c1-16-8-11-22(17(2)12-16)25(29(27,28)20-6-4-3-5-7-20)15-23(26)24-21-14-18-9-10-19(21)13-18/h3-8,11-12,18-19,21H,9-10,13-15H2,1-2H3,(H,24,26)/t18-,19-,21-/m0/s1. The zero-order chi connectivity index (χ0) is 20.6. The monoisotopic (exact) mass is 412 g/mol. The lowest BCUT2D eigenvalue weighted by molar-refractivity contribution is -0.120. The zero-order valence-corrected chi connectivity index (χ0v) is 17.8. The molecule has 2 aromatic rings. The number of aryl methyl sites for hydroxylation is 2. The number of hydrogen-bond donors (Lipinski definition) is 1. The molecule has 6 heteroatoms. The summed E-state index contributed by atoms with van der Waals surface area (Å²) in [5.74, 6) is 1.03. The smallest absolute Gasteiger partial charge is 0.264 e. The Morgan fingerprint density at radius 2 is 1.83 bits per heavy atom. The first-order valence-corrected chi connectivity index (χ1v) is 11.7. The lowest BCUT2D eigenvalue weighted by atomic mass is 9.95. The number of nitrogens with one attached hydrogen (secondary N) is 1. The summed E-state index contributed by atoms with van der Waals surface area (Å²) in [4.78, 5) is 13.1. The van der Waals surface area contributed by atoms with Crippen LogP contribution in [-0.2, 0) is 14.8 Å². The molecule has 1 amide bonds. The fourth-order valence-electron chi connectivity index (χ4n) is 4.91. The van der Waals surface area contributed by atoms with Crippen molar-refractivity contribution in [3.63, 3.8) is 0 Å². The molecule has 2 saturated carbocycles. The summed E-state index contributed by atoms with van der Waals surface area (Å²) < 4.78 is 28.1. The second-order valence-corrected chi connectivity index (χ2v) is 10.3. The van der Waals surface area contributed by atoms with E-state index in [1.807, 2.05) is 26.0 Å². The molecule has 29 heavy (non-hydrogen) atoms. The van der Waals surface area contributed by atoms with Crippen LogP contribution in [0.15, 0.2) is 53.4 Å². The van der Waals surface area contributed by atoms with E-state index in [-0.39, 0.29) is 23.4 Å². The number of carbonyl (C=O) groups is 1. The predicted molar refractivity (Wildman–Crippen MR) is 114 cm³/mol. The van der Waals surface area contributed by atoms with Gasteiger partial charge in [0, 0.05) is 6.04 Å². The Balaban J connectivity index is 1.62. The van der Waals surface area contributed by atoms with E-state index >= 15 is 0 Å². The number of benzene rings is 2. The van der Waals surface area contributed by atoms with Crippen LogP contribution in [0.25, 0.3) is 0 Å². The Morgan fingerprint density at radius 1 is 1.07 bits per heavy atom. The van der Waals surface area contributed by atoms with Crippen molar-refractivity contribution in [2.45, 2.75) is 50.5 Å². The van der Waals surface area contributed by atoms with Crippen molar-refractivity contribution in [2.24, 2.45) is 11.8 Å². The van der Waals surface area contributed by atoms with Crippen LogP contribution in [0.5, 0.6) is 0 Å². The highest BCUT2D eigenvalue weighted by molar-refractivity contribution is 7.92. The SMILES string of the molecule is Cc1ccc(N(CC(=O)N[C@H]2C[C@H]3CC[C@H]2C3)S(=O)(=O)c2ccccc2)c(C)c1. The van der Waals surface area contributed by atoms with Gasteiger partial charge in [0.2, 0.25) is 5.91 Å². The van der Waals surface area contributed by atoms with Gasteiger partial charge in [-0.1, -0.05) is 42.3 Å². The fraction of sp³-hybridized carbons (Fsp3) is 0.435. The molecule has 2 fully saturated rings. The molecule has 154 valence electrons. The molecule has 0 aromatic heterocycles. The zero-order valence-electron chi connectivity index (χ0n) is 17.0. The average Bonchev–Trinajstić information content (AvgIpc) is 3.30. The molecule has 0 spiro atoms. The van der Waals surface area contributed by atoms with Gasteiger partial charge in [0.1, 0.15) is 6.54 Å². The van der Waals surface area contributed by atoms with Crippen molar-refractivity contribution in [1.29, 1.82) is 0 Å². The Kier molecular flexibility index (Phi) is 5.38. The highest BCUT2D eigenvalue weighted by Gasteiger charge is 2.40. The van der Waals surface area contributed by atoms with Crippen LogP contribution in [0.3, 0.4) is 0 Å². The number of hydrogen-bond acceptors (Lipinski definition) is 3. The predicted octanol–water partition coefficient (Wildman–Crippen LogP) is 3.80. The third-order valence-electron chi connectivity index (χ3n) is 6.32. The number of sulfonamides is 1. The normalized spacial score (nSPS) is 23.2. The van der Waals surface area contributed by atoms with Crippen molar-refractivity contribution in [3.05, 3.63) is 59.7 Å². The average molecular weight is 413 g/mol. The lowest BCUT2D eigenvalue weighted by Crippen LogP contribution is -2.46. The Hall–Kier alpha value is -2.34. The van der Waals surface area contributed by atoms with Gasteiger partial charge in [0.05, 0.1) is 10.6 Å². The van der Waals surface area contributed by atoms with Crippen molar-refractivity contribution >= 4 is 21.6 Å². The number of nitrogens with zero attached hydrogens (tertiary/aromatic N) is 1. The molecule has 2 aliphatic rings. The quantitative estimate of drug-likeness (QED) is 0.785. The van der Waals surface area contributed by atoms with Gasteiger partial charge in [-0.15, -0.1) is 0 Å². The first-order chi connectivity index (χ1) is 13.8. The minimum Gasteiger partial charge on any atom is -0.352 e. The first-order valence-electron chi connectivity index (χ1n) is 10.3. The number of carbonyl (C=O) groups excluding carboxylic acids is 1. The summed E-state index contributed by atoms with van der Waals surface area (Å²) in [5.41, 5.74) is 2.43. The van der Waals surface area contributed by atoms with E-state index in [1.54, 1.807) is 36.4 Å². The summed E-state index contributed by atoms with van der Waals surface area (Å²) in [7, 11) is -3.86. The summed E-state index contributed by atoms with van der Waals surface area (Å²) in [5, 5.41) is 3.12. The lowest BCUT2D eigenvalue weighted by Gasteiger charge is -2.28. The van der Waals surface area contributed by atoms with Crippen LogP contribution < -0.4 is 9.62 Å². The maximum atomic E-state index is 13.4. The Bertz CT molecular complexity index is 1000. The number of fused-ring (bicyclic) bond motifs is 2. The van der Waals surface area contributed by atoms with Crippen LogP contribution in [-0.4, -0.2) is 26.9 Å². The summed E-state index contributed by atoms with van der Waals surface area (Å²) in [6.45, 7) is 3.63. The van der Waals surface area contributed by atoms with Gasteiger partial charge < -0.3 is 5.32 Å². The third kappa shape index (κ3) is 4.04. The fourth-order valence-corrected chi connectivity index (χ4v) is 6.42. The molecule has 0 heterocycles.